The molecule has 0 aliphatic carbocycles. The average molecular weight is 266 g/mol. The predicted octanol–water partition coefficient (Wildman–Crippen LogP) is 3.68. The van der Waals surface area contributed by atoms with E-state index in [1.54, 1.807) is 0 Å². The van der Waals surface area contributed by atoms with Crippen LogP contribution in [-0.4, -0.2) is 25.7 Å². The Kier molecular flexibility index (Phi) is 4.97. The summed E-state index contributed by atoms with van der Waals surface area (Å²) in [6.45, 7) is 12.9. The van der Waals surface area contributed by atoms with Crippen LogP contribution >= 0.6 is 0 Å². The number of hydrogen-bond acceptors (Lipinski definition) is 2. The lowest BCUT2D eigenvalue weighted by atomic mass is 9.91. The van der Waals surface area contributed by atoms with Crippen molar-refractivity contribution in [3.8, 4) is 0 Å². The monoisotopic (exact) mass is 266 g/mol. The van der Waals surface area contributed by atoms with E-state index in [0.717, 1.165) is 18.8 Å². The lowest BCUT2D eigenvalue weighted by Gasteiger charge is -2.34. The van der Waals surface area contributed by atoms with Gasteiger partial charge in [-0.05, 0) is 50.5 Å². The zero-order valence-corrected chi connectivity index (χ0v) is 13.0. The smallest absolute Gasteiger partial charge is 0.123 e. The molecule has 0 aromatic heterocycles. The molecule has 0 saturated heterocycles. The summed E-state index contributed by atoms with van der Waals surface area (Å²) >= 11 is 0. The van der Waals surface area contributed by atoms with Gasteiger partial charge in [0.25, 0.3) is 0 Å². The Labute approximate surface area is 117 Å². The fourth-order valence-electron chi connectivity index (χ4n) is 1.99. The van der Waals surface area contributed by atoms with Crippen LogP contribution < -0.4 is 10.2 Å². The molecule has 0 spiro atoms. The van der Waals surface area contributed by atoms with Crippen molar-refractivity contribution in [2.75, 3.05) is 25.0 Å². The molecule has 0 bridgehead atoms. The molecule has 19 heavy (non-hydrogen) atoms. The van der Waals surface area contributed by atoms with E-state index in [9.17, 15) is 4.39 Å². The molecule has 0 unspecified atom stereocenters. The maximum absolute atomic E-state index is 12.9. The molecule has 1 aromatic carbocycles. The summed E-state index contributed by atoms with van der Waals surface area (Å²) < 4.78 is 12.9. The Morgan fingerprint density at radius 1 is 1.05 bits per heavy atom. The van der Waals surface area contributed by atoms with E-state index in [1.807, 2.05) is 19.2 Å². The number of benzene rings is 1. The normalized spacial score (nSPS) is 12.6. The van der Waals surface area contributed by atoms with Crippen molar-refractivity contribution >= 4 is 5.69 Å². The highest BCUT2D eigenvalue weighted by Crippen LogP contribution is 2.21. The second-order valence-electron chi connectivity index (χ2n) is 7.10. The summed E-state index contributed by atoms with van der Waals surface area (Å²) in [7, 11) is 2.05. The van der Waals surface area contributed by atoms with Gasteiger partial charge in [-0.2, -0.15) is 0 Å². The van der Waals surface area contributed by atoms with Gasteiger partial charge in [0.1, 0.15) is 5.82 Å². The Morgan fingerprint density at radius 3 is 2.05 bits per heavy atom. The van der Waals surface area contributed by atoms with Crippen LogP contribution in [0, 0.1) is 11.2 Å². The van der Waals surface area contributed by atoms with Gasteiger partial charge in [0.05, 0.1) is 0 Å². The van der Waals surface area contributed by atoms with Gasteiger partial charge in [-0.3, -0.25) is 0 Å². The molecule has 2 nitrogen and oxygen atoms in total. The minimum Gasteiger partial charge on any atom is -0.374 e. The van der Waals surface area contributed by atoms with Gasteiger partial charge in [-0.15, -0.1) is 0 Å². The summed E-state index contributed by atoms with van der Waals surface area (Å²) in [5.74, 6) is -0.189. The minimum absolute atomic E-state index is 0.131. The number of nitrogens with one attached hydrogen (secondary N) is 1. The summed E-state index contributed by atoms with van der Waals surface area (Å²) in [6, 6.07) is 6.66. The van der Waals surface area contributed by atoms with Crippen molar-refractivity contribution in [2.24, 2.45) is 5.41 Å². The minimum atomic E-state index is -0.189. The first-order valence-corrected chi connectivity index (χ1v) is 6.81. The highest BCUT2D eigenvalue weighted by molar-refractivity contribution is 5.45. The molecule has 0 saturated carbocycles. The third-order valence-electron chi connectivity index (χ3n) is 3.03. The van der Waals surface area contributed by atoms with Crippen LogP contribution in [0.25, 0.3) is 0 Å². The Morgan fingerprint density at radius 2 is 1.58 bits per heavy atom. The summed E-state index contributed by atoms with van der Waals surface area (Å²) in [4.78, 5) is 2.17. The van der Waals surface area contributed by atoms with Gasteiger partial charge in [0.15, 0.2) is 0 Å². The van der Waals surface area contributed by atoms with Gasteiger partial charge in [0, 0.05) is 31.4 Å². The van der Waals surface area contributed by atoms with Crippen molar-refractivity contribution in [1.29, 1.82) is 0 Å². The third kappa shape index (κ3) is 6.06. The molecule has 0 heterocycles. The molecule has 3 heteroatoms. The second kappa shape index (κ2) is 5.91. The van der Waals surface area contributed by atoms with Crippen molar-refractivity contribution in [3.05, 3.63) is 30.1 Å². The maximum atomic E-state index is 12.9. The van der Waals surface area contributed by atoms with Crippen molar-refractivity contribution in [1.82, 2.24) is 5.32 Å². The number of nitrogens with zero attached hydrogens (tertiary/aromatic N) is 1. The first-order chi connectivity index (χ1) is 8.59. The van der Waals surface area contributed by atoms with Gasteiger partial charge in [-0.25, -0.2) is 4.39 Å². The predicted molar refractivity (Wildman–Crippen MR) is 81.2 cm³/mol. The zero-order chi connectivity index (χ0) is 14.7. The number of hydrogen-bond donors (Lipinski definition) is 1. The number of rotatable bonds is 5. The van der Waals surface area contributed by atoms with Gasteiger partial charge >= 0.3 is 0 Å². The first-order valence-electron chi connectivity index (χ1n) is 6.81. The van der Waals surface area contributed by atoms with Gasteiger partial charge in [0.2, 0.25) is 0 Å². The molecule has 0 aliphatic rings. The van der Waals surface area contributed by atoms with E-state index >= 15 is 0 Å². The number of halogens is 1. The SMILES string of the molecule is CN(CC(C)(C)CNC(C)(C)C)c1ccc(F)cc1. The van der Waals surface area contributed by atoms with Crippen LogP contribution in [0.3, 0.4) is 0 Å². The van der Waals surface area contributed by atoms with Crippen LogP contribution in [0.5, 0.6) is 0 Å². The highest BCUT2D eigenvalue weighted by atomic mass is 19.1. The van der Waals surface area contributed by atoms with Crippen molar-refractivity contribution in [3.63, 3.8) is 0 Å². The quantitative estimate of drug-likeness (QED) is 0.874. The van der Waals surface area contributed by atoms with E-state index in [1.165, 1.54) is 12.1 Å². The molecular weight excluding hydrogens is 239 g/mol. The molecule has 0 atom stereocenters. The molecule has 1 aromatic rings. The largest absolute Gasteiger partial charge is 0.374 e. The van der Waals surface area contributed by atoms with Crippen LogP contribution in [-0.2, 0) is 0 Å². The van der Waals surface area contributed by atoms with E-state index in [4.69, 9.17) is 0 Å². The molecule has 1 N–H and O–H groups in total. The molecule has 108 valence electrons. The Hall–Kier alpha value is -1.09. The van der Waals surface area contributed by atoms with Crippen LogP contribution in [0.15, 0.2) is 24.3 Å². The maximum Gasteiger partial charge on any atom is 0.123 e. The van der Waals surface area contributed by atoms with E-state index in [2.05, 4.69) is 44.8 Å². The van der Waals surface area contributed by atoms with Crippen LogP contribution in [0.1, 0.15) is 34.6 Å². The molecule has 0 amide bonds. The summed E-state index contributed by atoms with van der Waals surface area (Å²) in [5.41, 5.74) is 1.33. The third-order valence-corrected chi connectivity index (χ3v) is 3.03. The van der Waals surface area contributed by atoms with E-state index < -0.39 is 0 Å². The standard InChI is InChI=1S/C16H27FN2/c1-15(2,3)18-11-16(4,5)12-19(6)14-9-7-13(17)8-10-14/h7-10,18H,11-12H2,1-6H3. The summed E-state index contributed by atoms with van der Waals surface area (Å²) in [6.07, 6.45) is 0. The first kappa shape index (κ1) is 16.0. The number of anilines is 1. The highest BCUT2D eigenvalue weighted by Gasteiger charge is 2.22. The van der Waals surface area contributed by atoms with Gasteiger partial charge in [-0.1, -0.05) is 13.8 Å². The van der Waals surface area contributed by atoms with Crippen molar-refractivity contribution in [2.45, 2.75) is 40.2 Å². The topological polar surface area (TPSA) is 15.3 Å². The lowest BCUT2D eigenvalue weighted by molar-refractivity contribution is 0.295. The second-order valence-corrected chi connectivity index (χ2v) is 7.10. The molecule has 0 radical (unpaired) electrons. The molecular formula is C16H27FN2. The fourth-order valence-corrected chi connectivity index (χ4v) is 1.99. The van der Waals surface area contributed by atoms with E-state index in [-0.39, 0.29) is 16.8 Å². The average Bonchev–Trinajstić information content (AvgIpc) is 2.26. The summed E-state index contributed by atoms with van der Waals surface area (Å²) in [5, 5.41) is 3.54. The van der Waals surface area contributed by atoms with E-state index in [0.29, 0.717) is 0 Å². The Balaban J connectivity index is 2.59. The van der Waals surface area contributed by atoms with Crippen molar-refractivity contribution < 1.29 is 4.39 Å². The zero-order valence-electron chi connectivity index (χ0n) is 13.0. The van der Waals surface area contributed by atoms with Crippen LogP contribution in [0.4, 0.5) is 10.1 Å². The molecule has 0 fully saturated rings. The fraction of sp³-hybridized carbons (Fsp3) is 0.625. The Bertz CT molecular complexity index is 390. The molecule has 1 rings (SSSR count). The van der Waals surface area contributed by atoms with Gasteiger partial charge < -0.3 is 10.2 Å². The van der Waals surface area contributed by atoms with Crippen LogP contribution in [0.2, 0.25) is 0 Å². The lowest BCUT2D eigenvalue weighted by Crippen LogP contribution is -2.45. The molecule has 0 aliphatic heterocycles.